The first-order valence-electron chi connectivity index (χ1n) is 6.60. The van der Waals surface area contributed by atoms with Gasteiger partial charge in [0, 0.05) is 13.1 Å². The summed E-state index contributed by atoms with van der Waals surface area (Å²) in [5.41, 5.74) is 5.54. The Morgan fingerprint density at radius 3 is 2.40 bits per heavy atom. The second-order valence-corrected chi connectivity index (χ2v) is 7.75. The van der Waals surface area contributed by atoms with Crippen molar-refractivity contribution < 1.29 is 8.42 Å². The predicted octanol–water partition coefficient (Wildman–Crippen LogP) is 2.74. The van der Waals surface area contributed by atoms with Crippen molar-refractivity contribution >= 4 is 33.2 Å². The van der Waals surface area contributed by atoms with Gasteiger partial charge in [0.05, 0.1) is 14.9 Å². The SMILES string of the molecule is NCCC1CCN(S(=O)(=O)c2ccc(Cl)c(Cl)c2)CC1. The van der Waals surface area contributed by atoms with Gasteiger partial charge in [-0.15, -0.1) is 0 Å². The third kappa shape index (κ3) is 3.46. The van der Waals surface area contributed by atoms with Gasteiger partial charge in [0.2, 0.25) is 10.0 Å². The Morgan fingerprint density at radius 1 is 1.20 bits per heavy atom. The van der Waals surface area contributed by atoms with Crippen LogP contribution in [0.3, 0.4) is 0 Å². The zero-order valence-corrected chi connectivity index (χ0v) is 13.4. The molecule has 1 fully saturated rings. The van der Waals surface area contributed by atoms with E-state index in [1.807, 2.05) is 0 Å². The number of hydrogen-bond donors (Lipinski definition) is 1. The second-order valence-electron chi connectivity index (χ2n) is 5.00. The van der Waals surface area contributed by atoms with Crippen LogP contribution in [0, 0.1) is 5.92 Å². The molecule has 1 aromatic rings. The van der Waals surface area contributed by atoms with E-state index in [2.05, 4.69) is 0 Å². The summed E-state index contributed by atoms with van der Waals surface area (Å²) in [7, 11) is -3.48. The lowest BCUT2D eigenvalue weighted by Gasteiger charge is -2.31. The molecule has 0 atom stereocenters. The zero-order chi connectivity index (χ0) is 14.8. The molecule has 1 heterocycles. The summed E-state index contributed by atoms with van der Waals surface area (Å²) in [5, 5.41) is 0.609. The fraction of sp³-hybridized carbons (Fsp3) is 0.538. The highest BCUT2D eigenvalue weighted by Crippen LogP contribution is 2.29. The van der Waals surface area contributed by atoms with E-state index in [4.69, 9.17) is 28.9 Å². The number of halogens is 2. The Bertz CT molecular complexity index is 570. The number of nitrogens with zero attached hydrogens (tertiary/aromatic N) is 1. The zero-order valence-electron chi connectivity index (χ0n) is 11.1. The first-order valence-corrected chi connectivity index (χ1v) is 8.80. The maximum atomic E-state index is 12.5. The minimum Gasteiger partial charge on any atom is -0.330 e. The van der Waals surface area contributed by atoms with Crippen LogP contribution in [0.15, 0.2) is 23.1 Å². The summed E-state index contributed by atoms with van der Waals surface area (Å²) in [4.78, 5) is 0.198. The Hall–Kier alpha value is -0.330. The van der Waals surface area contributed by atoms with E-state index >= 15 is 0 Å². The van der Waals surface area contributed by atoms with Gasteiger partial charge >= 0.3 is 0 Å². The molecule has 0 saturated carbocycles. The summed E-state index contributed by atoms with van der Waals surface area (Å²) in [6.45, 7) is 1.73. The predicted molar refractivity (Wildman–Crippen MR) is 81.6 cm³/mol. The summed E-state index contributed by atoms with van der Waals surface area (Å²) in [6, 6.07) is 4.42. The summed E-state index contributed by atoms with van der Waals surface area (Å²) < 4.78 is 26.5. The molecule has 0 bridgehead atoms. The third-order valence-corrected chi connectivity index (χ3v) is 6.31. The largest absolute Gasteiger partial charge is 0.330 e. The smallest absolute Gasteiger partial charge is 0.243 e. The van der Waals surface area contributed by atoms with Crippen LogP contribution >= 0.6 is 23.2 Å². The first kappa shape index (κ1) is 16.0. The molecule has 0 radical (unpaired) electrons. The lowest BCUT2D eigenvalue weighted by atomic mass is 9.95. The van der Waals surface area contributed by atoms with Crippen LogP contribution in [0.2, 0.25) is 10.0 Å². The molecule has 1 aromatic carbocycles. The van der Waals surface area contributed by atoms with Crippen molar-refractivity contribution in [3.63, 3.8) is 0 Å². The normalized spacial score (nSPS) is 18.4. The van der Waals surface area contributed by atoms with Gasteiger partial charge in [-0.1, -0.05) is 23.2 Å². The molecule has 1 aliphatic heterocycles. The molecule has 112 valence electrons. The Labute approximate surface area is 129 Å². The molecule has 0 amide bonds. The molecule has 2 N–H and O–H groups in total. The average molecular weight is 337 g/mol. The quantitative estimate of drug-likeness (QED) is 0.919. The molecule has 0 unspecified atom stereocenters. The third-order valence-electron chi connectivity index (χ3n) is 3.68. The standard InChI is InChI=1S/C13H18Cl2N2O2S/c14-12-2-1-11(9-13(12)15)20(18,19)17-7-4-10(3-6-16)5-8-17/h1-2,9-10H,3-8,16H2. The van der Waals surface area contributed by atoms with Gasteiger partial charge in [0.25, 0.3) is 0 Å². The lowest BCUT2D eigenvalue weighted by Crippen LogP contribution is -2.38. The van der Waals surface area contributed by atoms with Crippen LogP contribution in [0.5, 0.6) is 0 Å². The van der Waals surface area contributed by atoms with Crippen molar-refractivity contribution in [2.24, 2.45) is 11.7 Å². The summed E-state index contributed by atoms with van der Waals surface area (Å²) in [5.74, 6) is 0.528. The number of sulfonamides is 1. The van der Waals surface area contributed by atoms with Crippen LogP contribution in [-0.4, -0.2) is 32.4 Å². The van der Waals surface area contributed by atoms with E-state index in [9.17, 15) is 8.42 Å². The van der Waals surface area contributed by atoms with Crippen molar-refractivity contribution in [1.82, 2.24) is 4.31 Å². The van der Waals surface area contributed by atoms with Crippen LogP contribution in [-0.2, 0) is 10.0 Å². The average Bonchev–Trinajstić information content (AvgIpc) is 2.43. The Morgan fingerprint density at radius 2 is 1.85 bits per heavy atom. The molecule has 1 aliphatic rings. The van der Waals surface area contributed by atoms with Crippen molar-refractivity contribution in [1.29, 1.82) is 0 Å². The van der Waals surface area contributed by atoms with E-state index in [1.54, 1.807) is 0 Å². The van der Waals surface area contributed by atoms with E-state index in [1.165, 1.54) is 22.5 Å². The van der Waals surface area contributed by atoms with Gasteiger partial charge in [-0.2, -0.15) is 4.31 Å². The van der Waals surface area contributed by atoms with E-state index in [0.29, 0.717) is 30.6 Å². The molecular weight excluding hydrogens is 319 g/mol. The number of rotatable bonds is 4. The van der Waals surface area contributed by atoms with Gasteiger partial charge in [0.1, 0.15) is 0 Å². The number of hydrogen-bond acceptors (Lipinski definition) is 3. The fourth-order valence-electron chi connectivity index (χ4n) is 2.46. The highest BCUT2D eigenvalue weighted by Gasteiger charge is 2.29. The fourth-order valence-corrected chi connectivity index (χ4v) is 4.32. The Balaban J connectivity index is 2.13. The minimum absolute atomic E-state index is 0.198. The van der Waals surface area contributed by atoms with Crippen LogP contribution in [0.25, 0.3) is 0 Å². The monoisotopic (exact) mass is 336 g/mol. The summed E-state index contributed by atoms with van der Waals surface area (Å²) in [6.07, 6.45) is 2.68. The first-order chi connectivity index (χ1) is 9.45. The van der Waals surface area contributed by atoms with Crippen molar-refractivity contribution in [2.75, 3.05) is 19.6 Å². The van der Waals surface area contributed by atoms with Crippen molar-refractivity contribution in [3.8, 4) is 0 Å². The van der Waals surface area contributed by atoms with Gasteiger partial charge < -0.3 is 5.73 Å². The van der Waals surface area contributed by atoms with Gasteiger partial charge in [0.15, 0.2) is 0 Å². The number of benzene rings is 1. The lowest BCUT2D eigenvalue weighted by molar-refractivity contribution is 0.266. The Kier molecular flexibility index (Phi) is 5.31. The van der Waals surface area contributed by atoms with Crippen molar-refractivity contribution in [2.45, 2.75) is 24.2 Å². The van der Waals surface area contributed by atoms with Crippen LogP contribution in [0.1, 0.15) is 19.3 Å². The molecule has 0 aromatic heterocycles. The van der Waals surface area contributed by atoms with Gasteiger partial charge in [-0.25, -0.2) is 8.42 Å². The van der Waals surface area contributed by atoms with E-state index in [-0.39, 0.29) is 9.92 Å². The van der Waals surface area contributed by atoms with Crippen LogP contribution < -0.4 is 5.73 Å². The molecule has 4 nitrogen and oxygen atoms in total. The highest BCUT2D eigenvalue weighted by molar-refractivity contribution is 7.89. The second kappa shape index (κ2) is 6.62. The van der Waals surface area contributed by atoms with E-state index in [0.717, 1.165) is 19.3 Å². The van der Waals surface area contributed by atoms with Crippen LogP contribution in [0.4, 0.5) is 0 Å². The molecule has 2 rings (SSSR count). The van der Waals surface area contributed by atoms with E-state index < -0.39 is 10.0 Å². The number of nitrogens with two attached hydrogens (primary N) is 1. The molecule has 1 saturated heterocycles. The molecular formula is C13H18Cl2N2O2S. The molecule has 0 aliphatic carbocycles. The topological polar surface area (TPSA) is 63.4 Å². The highest BCUT2D eigenvalue weighted by atomic mass is 35.5. The summed E-state index contributed by atoms with van der Waals surface area (Å²) >= 11 is 11.7. The molecule has 20 heavy (non-hydrogen) atoms. The minimum atomic E-state index is -3.48. The maximum Gasteiger partial charge on any atom is 0.243 e. The maximum absolute atomic E-state index is 12.5. The number of piperidine rings is 1. The van der Waals surface area contributed by atoms with Gasteiger partial charge in [-0.05, 0) is 49.9 Å². The molecule has 7 heteroatoms. The molecule has 0 spiro atoms. The van der Waals surface area contributed by atoms with Crippen molar-refractivity contribution in [3.05, 3.63) is 28.2 Å². The van der Waals surface area contributed by atoms with Gasteiger partial charge in [-0.3, -0.25) is 0 Å².